The molecule has 0 radical (unpaired) electrons. The quantitative estimate of drug-likeness (QED) is 0.474. The Kier molecular flexibility index (Phi) is 4.40. The number of benzene rings is 3. The summed E-state index contributed by atoms with van der Waals surface area (Å²) in [5.74, 6) is 2.60. The molecule has 5 rings (SSSR count). The van der Waals surface area contributed by atoms with E-state index in [1.165, 1.54) is 10.8 Å². The van der Waals surface area contributed by atoms with Crippen LogP contribution in [0.1, 0.15) is 25.0 Å². The summed E-state index contributed by atoms with van der Waals surface area (Å²) in [5.41, 5.74) is 2.08. The Bertz CT molecular complexity index is 1120. The van der Waals surface area contributed by atoms with Crippen molar-refractivity contribution in [2.45, 2.75) is 20.0 Å². The highest BCUT2D eigenvalue weighted by Gasteiger charge is 2.29. The van der Waals surface area contributed by atoms with E-state index in [1.807, 2.05) is 24.3 Å². The number of allylic oxidation sites excluding steroid dienone is 1. The summed E-state index contributed by atoms with van der Waals surface area (Å²) < 4.78 is 17.6. The molecule has 3 aromatic carbocycles. The van der Waals surface area contributed by atoms with Gasteiger partial charge in [0.1, 0.15) is 30.0 Å². The molecule has 146 valence electrons. The van der Waals surface area contributed by atoms with Crippen molar-refractivity contribution in [3.8, 4) is 11.5 Å². The largest absolute Gasteiger partial charge is 0.494 e. The minimum Gasteiger partial charge on any atom is -0.494 e. The fourth-order valence-corrected chi connectivity index (χ4v) is 3.54. The van der Waals surface area contributed by atoms with Crippen LogP contribution >= 0.6 is 0 Å². The second kappa shape index (κ2) is 7.09. The lowest BCUT2D eigenvalue weighted by atomic mass is 9.90. The monoisotopic (exact) mass is 384 g/mol. The molecule has 1 heterocycles. The van der Waals surface area contributed by atoms with Crippen LogP contribution in [0.25, 0.3) is 22.9 Å². The Hall–Kier alpha value is -3.04. The molecular formula is C26H24O3. The van der Waals surface area contributed by atoms with Crippen LogP contribution in [0.15, 0.2) is 72.5 Å². The van der Waals surface area contributed by atoms with Crippen LogP contribution in [0.4, 0.5) is 0 Å². The van der Waals surface area contributed by atoms with Gasteiger partial charge in [0, 0.05) is 5.41 Å². The van der Waals surface area contributed by atoms with E-state index in [0.717, 1.165) is 35.0 Å². The topological polar surface area (TPSA) is 31.0 Å². The molecule has 3 nitrogen and oxygen atoms in total. The van der Waals surface area contributed by atoms with Crippen molar-refractivity contribution >= 4 is 22.9 Å². The number of hydrogen-bond acceptors (Lipinski definition) is 3. The molecule has 1 atom stereocenters. The Labute approximate surface area is 171 Å². The molecule has 0 bridgehead atoms. The fourth-order valence-electron chi connectivity index (χ4n) is 3.54. The zero-order chi connectivity index (χ0) is 19.8. The average molecular weight is 384 g/mol. The standard InChI is InChI=1S/C26H24O3/c1-26(2)12-11-19-8-10-23(14-21(19)15-25(26)28-17-24-16-27-24)29-22-9-7-18-5-3-4-6-20(18)13-22/h3-15,24H,16-17H2,1-2H3. The molecule has 0 spiro atoms. The lowest BCUT2D eigenvalue weighted by Crippen LogP contribution is -2.15. The molecule has 29 heavy (non-hydrogen) atoms. The van der Waals surface area contributed by atoms with Gasteiger partial charge in [-0.25, -0.2) is 0 Å². The molecular weight excluding hydrogens is 360 g/mol. The van der Waals surface area contributed by atoms with E-state index < -0.39 is 0 Å². The summed E-state index contributed by atoms with van der Waals surface area (Å²) in [6.07, 6.45) is 6.73. The number of rotatable bonds is 5. The first-order chi connectivity index (χ1) is 14.1. The maximum atomic E-state index is 6.17. The summed E-state index contributed by atoms with van der Waals surface area (Å²) in [6.45, 7) is 5.73. The predicted molar refractivity (Wildman–Crippen MR) is 117 cm³/mol. The summed E-state index contributed by atoms with van der Waals surface area (Å²) in [7, 11) is 0. The van der Waals surface area contributed by atoms with Gasteiger partial charge in [-0.05, 0) is 66.1 Å². The number of ether oxygens (including phenoxy) is 3. The van der Waals surface area contributed by atoms with Crippen LogP contribution in [0.5, 0.6) is 11.5 Å². The van der Waals surface area contributed by atoms with Gasteiger partial charge in [0.25, 0.3) is 0 Å². The van der Waals surface area contributed by atoms with Crippen molar-refractivity contribution in [3.63, 3.8) is 0 Å². The maximum absolute atomic E-state index is 6.17. The van der Waals surface area contributed by atoms with Crippen LogP contribution in [0, 0.1) is 5.41 Å². The maximum Gasteiger partial charge on any atom is 0.128 e. The van der Waals surface area contributed by atoms with E-state index in [9.17, 15) is 0 Å². The number of fused-ring (bicyclic) bond motifs is 2. The lowest BCUT2D eigenvalue weighted by molar-refractivity contribution is 0.147. The molecule has 0 aromatic heterocycles. The highest BCUT2D eigenvalue weighted by molar-refractivity contribution is 5.83. The lowest BCUT2D eigenvalue weighted by Gasteiger charge is -2.23. The highest BCUT2D eigenvalue weighted by atomic mass is 16.6. The third-order valence-corrected chi connectivity index (χ3v) is 5.44. The van der Waals surface area contributed by atoms with Gasteiger partial charge in [-0.2, -0.15) is 0 Å². The van der Waals surface area contributed by atoms with E-state index >= 15 is 0 Å². The van der Waals surface area contributed by atoms with Gasteiger partial charge in [-0.15, -0.1) is 0 Å². The minimum atomic E-state index is -0.173. The molecule has 0 N–H and O–H groups in total. The van der Waals surface area contributed by atoms with Crippen molar-refractivity contribution in [1.82, 2.24) is 0 Å². The van der Waals surface area contributed by atoms with E-state index in [0.29, 0.717) is 6.61 Å². The second-order valence-electron chi connectivity index (χ2n) is 8.23. The number of hydrogen-bond donors (Lipinski definition) is 0. The third-order valence-electron chi connectivity index (χ3n) is 5.44. The van der Waals surface area contributed by atoms with Crippen molar-refractivity contribution in [2.24, 2.45) is 5.41 Å². The molecule has 0 saturated carbocycles. The van der Waals surface area contributed by atoms with Crippen molar-refractivity contribution in [2.75, 3.05) is 13.2 Å². The van der Waals surface area contributed by atoms with Crippen LogP contribution < -0.4 is 4.74 Å². The first-order valence-electron chi connectivity index (χ1n) is 10.0. The zero-order valence-corrected chi connectivity index (χ0v) is 16.7. The first-order valence-corrected chi connectivity index (χ1v) is 10.0. The third kappa shape index (κ3) is 3.92. The van der Waals surface area contributed by atoms with E-state index in [2.05, 4.69) is 68.5 Å². The molecule has 0 amide bonds. The molecule has 1 aliphatic carbocycles. The molecule has 2 aliphatic rings. The Morgan fingerprint density at radius 2 is 1.69 bits per heavy atom. The summed E-state index contributed by atoms with van der Waals surface area (Å²) in [5, 5.41) is 2.38. The molecule has 3 aromatic rings. The van der Waals surface area contributed by atoms with E-state index in [4.69, 9.17) is 14.2 Å². The van der Waals surface area contributed by atoms with Crippen molar-refractivity contribution in [1.29, 1.82) is 0 Å². The summed E-state index contributed by atoms with van der Waals surface area (Å²) >= 11 is 0. The van der Waals surface area contributed by atoms with Crippen molar-refractivity contribution in [3.05, 3.63) is 83.6 Å². The summed E-state index contributed by atoms with van der Waals surface area (Å²) in [4.78, 5) is 0. The van der Waals surface area contributed by atoms with Gasteiger partial charge < -0.3 is 14.2 Å². The zero-order valence-electron chi connectivity index (χ0n) is 16.7. The van der Waals surface area contributed by atoms with Crippen molar-refractivity contribution < 1.29 is 14.2 Å². The Morgan fingerprint density at radius 3 is 2.52 bits per heavy atom. The van der Waals surface area contributed by atoms with Gasteiger partial charge in [0.05, 0.1) is 6.61 Å². The van der Waals surface area contributed by atoms with Crippen LogP contribution in [-0.2, 0) is 9.47 Å². The van der Waals surface area contributed by atoms with Crippen LogP contribution in [-0.4, -0.2) is 19.3 Å². The molecule has 1 fully saturated rings. The van der Waals surface area contributed by atoms with Gasteiger partial charge in [-0.3, -0.25) is 0 Å². The Morgan fingerprint density at radius 1 is 0.931 bits per heavy atom. The van der Waals surface area contributed by atoms with Crippen LogP contribution in [0.3, 0.4) is 0 Å². The molecule has 1 unspecified atom stereocenters. The summed E-state index contributed by atoms with van der Waals surface area (Å²) in [6, 6.07) is 20.7. The Balaban J connectivity index is 1.44. The molecule has 1 aliphatic heterocycles. The highest BCUT2D eigenvalue weighted by Crippen LogP contribution is 2.37. The van der Waals surface area contributed by atoms with E-state index in [1.54, 1.807) is 0 Å². The van der Waals surface area contributed by atoms with Gasteiger partial charge >= 0.3 is 0 Å². The average Bonchev–Trinajstić information content (AvgIpc) is 3.55. The first kappa shape index (κ1) is 18.0. The SMILES string of the molecule is CC1(C)C=Cc2ccc(Oc3ccc4ccccc4c3)cc2C=C1OCC1CO1. The fraction of sp³-hybridized carbons (Fsp3) is 0.231. The molecule has 1 saturated heterocycles. The smallest absolute Gasteiger partial charge is 0.128 e. The van der Waals surface area contributed by atoms with Gasteiger partial charge in [0.15, 0.2) is 0 Å². The normalized spacial score (nSPS) is 19.2. The predicted octanol–water partition coefficient (Wildman–Crippen LogP) is 6.44. The molecule has 3 heteroatoms. The minimum absolute atomic E-state index is 0.173. The van der Waals surface area contributed by atoms with Gasteiger partial charge in [0.2, 0.25) is 0 Å². The second-order valence-corrected chi connectivity index (χ2v) is 8.23. The van der Waals surface area contributed by atoms with Crippen LogP contribution in [0.2, 0.25) is 0 Å². The van der Waals surface area contributed by atoms with E-state index in [-0.39, 0.29) is 11.5 Å². The van der Waals surface area contributed by atoms with Gasteiger partial charge in [-0.1, -0.05) is 48.6 Å². The number of epoxide rings is 1.